The molecule has 1 aromatic rings. The minimum Gasteiger partial charge on any atom is -0.481 e. The van der Waals surface area contributed by atoms with Gasteiger partial charge in [-0.3, -0.25) is 52.7 Å². The number of aliphatic hydroxyl groups excluding tert-OH is 1. The highest BCUT2D eigenvalue weighted by Gasteiger charge is 2.44. The third kappa shape index (κ3) is 18.7. The molecule has 2 aliphatic heterocycles. The summed E-state index contributed by atoms with van der Waals surface area (Å²) in [5, 5.41) is 50.1. The van der Waals surface area contributed by atoms with Gasteiger partial charge in [-0.2, -0.15) is 0 Å². The second kappa shape index (κ2) is 31.7. The van der Waals surface area contributed by atoms with Crippen molar-refractivity contribution in [1.29, 1.82) is 0 Å². The van der Waals surface area contributed by atoms with Gasteiger partial charge in [0.15, 0.2) is 0 Å². The third-order valence-electron chi connectivity index (χ3n) is 15.6. The lowest BCUT2D eigenvalue weighted by Crippen LogP contribution is -2.61. The number of carbonyl (C=O) groups is 12. The van der Waals surface area contributed by atoms with Crippen molar-refractivity contribution in [3.8, 4) is 0 Å². The second-order valence-corrected chi connectivity index (χ2v) is 22.1. The van der Waals surface area contributed by atoms with E-state index in [1.165, 1.54) is 30.9 Å². The van der Waals surface area contributed by atoms with Crippen LogP contribution in [0.2, 0.25) is 0 Å². The van der Waals surface area contributed by atoms with E-state index >= 15 is 0 Å². The van der Waals surface area contributed by atoms with Gasteiger partial charge in [0.05, 0.1) is 6.54 Å². The lowest BCUT2D eigenvalue weighted by Gasteiger charge is -2.37. The van der Waals surface area contributed by atoms with Crippen LogP contribution < -0.4 is 21.3 Å². The number of carboxylic acid groups (broad SMARTS) is 3. The molecular weight excluding hydrogens is 1050 g/mol. The number of nitrogens with zero attached hydrogens (tertiary/aromatic N) is 5. The number of hydrogen-bond donors (Lipinski definition) is 8. The molecule has 0 radical (unpaired) electrons. The average Bonchev–Trinajstić information content (AvgIpc) is 4.13. The molecule has 0 spiro atoms. The topological polar surface area (TPSA) is 350 Å². The summed E-state index contributed by atoms with van der Waals surface area (Å²) < 4.78 is 0. The minimum absolute atomic E-state index is 0.0736. The quantitative estimate of drug-likeness (QED) is 0.0511. The monoisotopic (exact) mass is 1140 g/mol. The van der Waals surface area contributed by atoms with Gasteiger partial charge in [0.1, 0.15) is 54.4 Å². The number of rotatable bonds is 31. The lowest BCUT2D eigenvalue weighted by molar-refractivity contribution is -0.152. The molecule has 81 heavy (non-hydrogen) atoms. The highest BCUT2D eigenvalue weighted by Crippen LogP contribution is 2.25. The second-order valence-electron chi connectivity index (χ2n) is 22.1. The first-order valence-corrected chi connectivity index (χ1v) is 28.0. The van der Waals surface area contributed by atoms with E-state index in [-0.39, 0.29) is 38.3 Å². The summed E-state index contributed by atoms with van der Waals surface area (Å²) in [4.78, 5) is 167. The smallest absolute Gasteiger partial charge is 0.326 e. The number of aliphatic hydroxyl groups is 1. The van der Waals surface area contributed by atoms with Crippen molar-refractivity contribution in [1.82, 2.24) is 45.8 Å². The molecule has 8 N–H and O–H groups in total. The van der Waals surface area contributed by atoms with Gasteiger partial charge in [-0.05, 0) is 67.8 Å². The highest BCUT2D eigenvalue weighted by molar-refractivity contribution is 5.98. The predicted molar refractivity (Wildman–Crippen MR) is 294 cm³/mol. The first kappa shape index (κ1) is 68.1. The van der Waals surface area contributed by atoms with E-state index in [2.05, 4.69) is 21.3 Å². The van der Waals surface area contributed by atoms with Crippen molar-refractivity contribution in [2.45, 2.75) is 180 Å². The van der Waals surface area contributed by atoms with Crippen LogP contribution in [-0.4, -0.2) is 211 Å². The van der Waals surface area contributed by atoms with Crippen molar-refractivity contribution in [3.63, 3.8) is 0 Å². The number of likely N-dealkylation sites (tertiary alicyclic amines) is 2. The van der Waals surface area contributed by atoms with E-state index < -0.39 is 175 Å². The van der Waals surface area contributed by atoms with Gasteiger partial charge in [-0.1, -0.05) is 98.6 Å². The largest absolute Gasteiger partial charge is 0.481 e. The van der Waals surface area contributed by atoms with Crippen LogP contribution in [0.25, 0.3) is 0 Å². The first-order chi connectivity index (χ1) is 38.0. The maximum Gasteiger partial charge on any atom is 0.326 e. The first-order valence-electron chi connectivity index (χ1n) is 28.0. The number of amides is 9. The van der Waals surface area contributed by atoms with Crippen LogP contribution in [0.3, 0.4) is 0 Å². The Bertz CT molecular complexity index is 2410. The Kier molecular flexibility index (Phi) is 26.7. The van der Waals surface area contributed by atoms with Crippen molar-refractivity contribution >= 4 is 71.1 Å². The number of carboxylic acids is 3. The van der Waals surface area contributed by atoms with Gasteiger partial charge in [0.2, 0.25) is 53.2 Å². The van der Waals surface area contributed by atoms with E-state index in [4.69, 9.17) is 5.11 Å². The Morgan fingerprint density at radius 2 is 1.12 bits per heavy atom. The zero-order valence-electron chi connectivity index (χ0n) is 48.7. The molecule has 25 nitrogen and oxygen atoms in total. The highest BCUT2D eigenvalue weighted by atomic mass is 16.4. The van der Waals surface area contributed by atoms with Crippen LogP contribution in [-0.2, 0) is 64.0 Å². The van der Waals surface area contributed by atoms with Crippen molar-refractivity contribution < 1.29 is 78.0 Å². The third-order valence-corrected chi connectivity index (χ3v) is 15.6. The van der Waals surface area contributed by atoms with Gasteiger partial charge in [-0.15, -0.1) is 0 Å². The maximum atomic E-state index is 14.6. The molecule has 0 bridgehead atoms. The molecule has 2 heterocycles. The summed E-state index contributed by atoms with van der Waals surface area (Å²) in [5.74, 6) is -12.7. The molecule has 2 fully saturated rings. The van der Waals surface area contributed by atoms with Crippen LogP contribution in [0.4, 0.5) is 0 Å². The van der Waals surface area contributed by atoms with Gasteiger partial charge in [-0.25, -0.2) is 4.79 Å². The van der Waals surface area contributed by atoms with Crippen LogP contribution in [0.5, 0.6) is 0 Å². The molecule has 3 unspecified atom stereocenters. The summed E-state index contributed by atoms with van der Waals surface area (Å²) in [6.45, 7) is 13.1. The van der Waals surface area contributed by atoms with Crippen LogP contribution in [0.15, 0.2) is 30.3 Å². The van der Waals surface area contributed by atoms with Gasteiger partial charge in [0.25, 0.3) is 0 Å². The molecule has 9 amide bonds. The Hall–Kier alpha value is -7.18. The number of aliphatic carboxylic acids is 3. The fourth-order valence-corrected chi connectivity index (χ4v) is 10.2. The molecule has 0 aromatic heterocycles. The Balaban J connectivity index is 1.81. The molecule has 2 aliphatic rings. The van der Waals surface area contributed by atoms with E-state index in [1.807, 2.05) is 6.92 Å². The molecule has 0 saturated carbocycles. The van der Waals surface area contributed by atoms with E-state index in [0.717, 1.165) is 20.3 Å². The fourth-order valence-electron chi connectivity index (χ4n) is 10.2. The standard InChI is InChI=1S/C56H87N9O16/c1-12-33(7)45(54(78)65-28-18-22-39(65)50(74)59-44(31(3)4)53(77)62(10)40(56(80)81)24-26-43(69)70)60-49(73)37(23-25-42(67)68)61(9)55(79)46(32(5)6)63(11)41(66)30-57-48(72)38-21-17-27-64(38)52(76)36(29-35-19-15-14-16-20-35)58-51(75)47(71)34(8)13-2/h14-16,19-20,31-34,36-40,44-47,71H,12-13,17-18,21-30H2,1-11H3,(H,57,72)(H,58,75)(H,59,74)(H,60,73)(H,67,68)(H,69,70)(H,80,81)/t33-,34?,36-,37-,38-,39?,40-,44-,45-,46-,47?/m0/s1. The SMILES string of the molecule is CCC(C)C(O)C(=O)N[C@@H](Cc1ccccc1)C(=O)N1CCC[C@H]1C(=O)NCC(=O)N(C)[C@H](C(=O)N(C)[C@@H](CCC(=O)O)C(=O)N[C@H](C(=O)N1CCCC1C(=O)N[C@H](C(=O)N(C)[C@@H](CCC(=O)O)C(=O)O)C(C)C)[C@@H](C)CC)C(C)C. The van der Waals surface area contributed by atoms with Crippen LogP contribution in [0.1, 0.15) is 125 Å². The van der Waals surface area contributed by atoms with Crippen molar-refractivity contribution in [2.75, 3.05) is 40.8 Å². The summed E-state index contributed by atoms with van der Waals surface area (Å²) in [7, 11) is 3.80. The summed E-state index contributed by atoms with van der Waals surface area (Å²) in [5.41, 5.74) is 0.728. The lowest BCUT2D eigenvalue weighted by atomic mass is 9.95. The molecule has 3 rings (SSSR count). The average molecular weight is 1140 g/mol. The van der Waals surface area contributed by atoms with E-state index in [9.17, 15) is 72.9 Å². The number of carbonyl (C=O) groups excluding carboxylic acids is 9. The van der Waals surface area contributed by atoms with Crippen LogP contribution in [0, 0.1) is 23.7 Å². The van der Waals surface area contributed by atoms with E-state index in [1.54, 1.807) is 78.8 Å². The Morgan fingerprint density at radius 1 is 0.605 bits per heavy atom. The molecule has 1 aromatic carbocycles. The molecule has 452 valence electrons. The van der Waals surface area contributed by atoms with Crippen LogP contribution >= 0.6 is 0 Å². The fraction of sp³-hybridized carbons (Fsp3) is 0.679. The van der Waals surface area contributed by atoms with Gasteiger partial charge in [0, 0.05) is 53.5 Å². The maximum absolute atomic E-state index is 14.6. The number of nitrogens with one attached hydrogen (secondary N) is 4. The summed E-state index contributed by atoms with van der Waals surface area (Å²) in [6.07, 6.45) is -1.18. The zero-order valence-corrected chi connectivity index (χ0v) is 48.7. The summed E-state index contributed by atoms with van der Waals surface area (Å²) in [6, 6.07) is -1.22. The molecule has 25 heteroatoms. The number of hydrogen-bond acceptors (Lipinski definition) is 13. The molecule has 0 aliphatic carbocycles. The number of likely N-dealkylation sites (N-methyl/N-ethyl adjacent to an activating group) is 3. The van der Waals surface area contributed by atoms with Crippen molar-refractivity contribution in [3.05, 3.63) is 35.9 Å². The number of benzene rings is 1. The molecule has 2 saturated heterocycles. The Morgan fingerprint density at radius 3 is 1.63 bits per heavy atom. The molecule has 11 atom stereocenters. The summed E-state index contributed by atoms with van der Waals surface area (Å²) >= 11 is 0. The van der Waals surface area contributed by atoms with Gasteiger partial charge < -0.3 is 66.2 Å². The van der Waals surface area contributed by atoms with Crippen molar-refractivity contribution in [2.24, 2.45) is 23.7 Å². The molecular formula is C56H87N9O16. The van der Waals surface area contributed by atoms with Gasteiger partial charge >= 0.3 is 17.9 Å². The Labute approximate surface area is 474 Å². The normalized spacial score (nSPS) is 18.4. The zero-order chi connectivity index (χ0) is 61.2. The predicted octanol–water partition coefficient (Wildman–Crippen LogP) is 0.842. The van der Waals surface area contributed by atoms with E-state index in [0.29, 0.717) is 25.7 Å². The minimum atomic E-state index is -1.51.